The highest BCUT2D eigenvalue weighted by Gasteiger charge is 2.34. The fourth-order valence-corrected chi connectivity index (χ4v) is 4.44. The minimum Gasteiger partial charge on any atom is -0.412 e. The van der Waals surface area contributed by atoms with Gasteiger partial charge in [-0.25, -0.2) is 8.42 Å². The molecular weight excluding hydrogens is 342 g/mol. The quantitative estimate of drug-likeness (QED) is 0.831. The van der Waals surface area contributed by atoms with Gasteiger partial charge >= 0.3 is 11.8 Å². The first-order chi connectivity index (χ1) is 10.9. The third kappa shape index (κ3) is 3.23. The number of aromatic nitrogens is 2. The van der Waals surface area contributed by atoms with E-state index in [1.54, 1.807) is 24.3 Å². The Hall–Kier alpha value is -1.93. The smallest absolute Gasteiger partial charge is 0.311 e. The molecule has 1 amide bonds. The number of hydrogen-bond acceptors (Lipinski definition) is 6. The number of carbonyl (C=O) groups is 1. The average Bonchev–Trinajstić information content (AvgIpc) is 3.13. The van der Waals surface area contributed by atoms with Gasteiger partial charge in [-0.15, -0.1) is 10.2 Å². The molecule has 122 valence electrons. The first-order valence-corrected chi connectivity index (χ1v) is 9.13. The van der Waals surface area contributed by atoms with Crippen LogP contribution in [-0.4, -0.2) is 54.0 Å². The highest BCUT2D eigenvalue weighted by molar-refractivity contribution is 7.91. The molecule has 2 heterocycles. The number of nitrogens with zero attached hydrogens (tertiary/aromatic N) is 3. The molecular formula is C14H14ClN3O4S. The van der Waals surface area contributed by atoms with E-state index >= 15 is 0 Å². The van der Waals surface area contributed by atoms with Crippen LogP contribution in [0.3, 0.4) is 0 Å². The third-order valence-electron chi connectivity index (χ3n) is 3.79. The molecule has 1 saturated heterocycles. The van der Waals surface area contributed by atoms with Gasteiger partial charge in [0.2, 0.25) is 5.89 Å². The monoisotopic (exact) mass is 355 g/mol. The molecule has 1 aliphatic heterocycles. The van der Waals surface area contributed by atoms with Gasteiger partial charge in [0.25, 0.3) is 0 Å². The van der Waals surface area contributed by atoms with E-state index in [1.807, 2.05) is 0 Å². The summed E-state index contributed by atoms with van der Waals surface area (Å²) in [7, 11) is -1.54. The van der Waals surface area contributed by atoms with E-state index in [4.69, 9.17) is 16.0 Å². The highest BCUT2D eigenvalue weighted by atomic mass is 35.5. The Labute approximate surface area is 138 Å². The Morgan fingerprint density at radius 2 is 2.09 bits per heavy atom. The molecule has 1 atom stereocenters. The molecule has 9 heteroatoms. The first-order valence-electron chi connectivity index (χ1n) is 6.93. The van der Waals surface area contributed by atoms with Gasteiger partial charge in [-0.2, -0.15) is 0 Å². The van der Waals surface area contributed by atoms with Crippen LogP contribution in [0.5, 0.6) is 0 Å². The van der Waals surface area contributed by atoms with Crippen molar-refractivity contribution in [2.24, 2.45) is 0 Å². The van der Waals surface area contributed by atoms with E-state index in [0.29, 0.717) is 17.0 Å². The Morgan fingerprint density at radius 3 is 2.74 bits per heavy atom. The zero-order valence-electron chi connectivity index (χ0n) is 12.3. The normalized spacial score (nSPS) is 19.7. The van der Waals surface area contributed by atoms with Crippen LogP contribution in [0.4, 0.5) is 0 Å². The zero-order chi connectivity index (χ0) is 16.6. The summed E-state index contributed by atoms with van der Waals surface area (Å²) in [6.45, 7) is 0. The number of halogens is 1. The molecule has 0 N–H and O–H groups in total. The van der Waals surface area contributed by atoms with E-state index in [2.05, 4.69) is 10.2 Å². The summed E-state index contributed by atoms with van der Waals surface area (Å²) >= 11 is 6.06. The van der Waals surface area contributed by atoms with Gasteiger partial charge in [0, 0.05) is 13.1 Å². The van der Waals surface area contributed by atoms with Crippen LogP contribution in [0.15, 0.2) is 28.7 Å². The van der Waals surface area contributed by atoms with Gasteiger partial charge < -0.3 is 9.32 Å². The summed E-state index contributed by atoms with van der Waals surface area (Å²) in [4.78, 5) is 13.7. The standard InChI is InChI=1S/C14H14ClN3O4S/c1-18(9-6-7-23(20,21)8-9)14(19)13-17-16-12(22-13)10-4-2-3-5-11(10)15/h2-5,9H,6-8H2,1H3. The Balaban J connectivity index is 1.80. The van der Waals surface area contributed by atoms with E-state index in [9.17, 15) is 13.2 Å². The molecule has 1 aromatic heterocycles. The lowest BCUT2D eigenvalue weighted by molar-refractivity contribution is 0.0708. The molecule has 1 unspecified atom stereocenters. The third-order valence-corrected chi connectivity index (χ3v) is 5.87. The molecule has 0 bridgehead atoms. The van der Waals surface area contributed by atoms with Crippen LogP contribution in [0.2, 0.25) is 5.02 Å². The number of rotatable bonds is 3. The summed E-state index contributed by atoms with van der Waals surface area (Å²) in [5.41, 5.74) is 0.534. The van der Waals surface area contributed by atoms with Crippen LogP contribution in [0.25, 0.3) is 11.5 Å². The fourth-order valence-electron chi connectivity index (χ4n) is 2.45. The molecule has 0 radical (unpaired) electrons. The second-order valence-electron chi connectivity index (χ2n) is 5.37. The molecule has 1 aliphatic rings. The molecule has 23 heavy (non-hydrogen) atoms. The van der Waals surface area contributed by atoms with Crippen LogP contribution in [0.1, 0.15) is 17.1 Å². The molecule has 3 rings (SSSR count). The molecule has 7 nitrogen and oxygen atoms in total. The lowest BCUT2D eigenvalue weighted by Crippen LogP contribution is -2.38. The number of hydrogen-bond donors (Lipinski definition) is 0. The molecule has 0 aliphatic carbocycles. The van der Waals surface area contributed by atoms with E-state index < -0.39 is 15.7 Å². The van der Waals surface area contributed by atoms with Gasteiger partial charge in [0.05, 0.1) is 22.1 Å². The summed E-state index contributed by atoms with van der Waals surface area (Å²) in [5.74, 6) is -0.499. The Kier molecular flexibility index (Phi) is 4.11. The van der Waals surface area contributed by atoms with Crippen molar-refractivity contribution in [3.63, 3.8) is 0 Å². The fraction of sp³-hybridized carbons (Fsp3) is 0.357. The number of sulfone groups is 1. The lowest BCUT2D eigenvalue weighted by atomic mass is 10.2. The predicted octanol–water partition coefficient (Wildman–Crippen LogP) is 1.65. The van der Waals surface area contributed by atoms with Crippen molar-refractivity contribution in [2.75, 3.05) is 18.6 Å². The second kappa shape index (κ2) is 5.93. The highest BCUT2D eigenvalue weighted by Crippen LogP contribution is 2.26. The Morgan fingerprint density at radius 1 is 1.35 bits per heavy atom. The SMILES string of the molecule is CN(C(=O)c1nnc(-c2ccccc2Cl)o1)C1CCS(=O)(=O)C1. The molecule has 0 saturated carbocycles. The van der Waals surface area contributed by atoms with Crippen LogP contribution in [0, 0.1) is 0 Å². The molecule has 0 spiro atoms. The lowest BCUT2D eigenvalue weighted by Gasteiger charge is -2.21. The minimum absolute atomic E-state index is 0.0409. The van der Waals surface area contributed by atoms with Crippen molar-refractivity contribution in [1.29, 1.82) is 0 Å². The van der Waals surface area contributed by atoms with Crippen LogP contribution >= 0.6 is 11.6 Å². The Bertz CT molecular complexity index is 849. The summed E-state index contributed by atoms with van der Waals surface area (Å²) in [6.07, 6.45) is 0.413. The topological polar surface area (TPSA) is 93.4 Å². The van der Waals surface area contributed by atoms with Crippen LogP contribution in [-0.2, 0) is 9.84 Å². The largest absolute Gasteiger partial charge is 0.412 e. The molecule has 1 fully saturated rings. The maximum Gasteiger partial charge on any atom is 0.311 e. The maximum absolute atomic E-state index is 12.4. The van der Waals surface area contributed by atoms with Crippen molar-refractivity contribution in [3.8, 4) is 11.5 Å². The second-order valence-corrected chi connectivity index (χ2v) is 8.00. The minimum atomic E-state index is -3.08. The zero-order valence-corrected chi connectivity index (χ0v) is 13.8. The predicted molar refractivity (Wildman–Crippen MR) is 83.9 cm³/mol. The van der Waals surface area contributed by atoms with Gasteiger partial charge in [-0.3, -0.25) is 4.79 Å². The van der Waals surface area contributed by atoms with Gasteiger partial charge in [-0.05, 0) is 18.6 Å². The van der Waals surface area contributed by atoms with Crippen molar-refractivity contribution in [3.05, 3.63) is 35.2 Å². The average molecular weight is 356 g/mol. The number of benzene rings is 1. The van der Waals surface area contributed by atoms with Gasteiger partial charge in [0.15, 0.2) is 9.84 Å². The van der Waals surface area contributed by atoms with Crippen molar-refractivity contribution in [1.82, 2.24) is 15.1 Å². The number of amides is 1. The van der Waals surface area contributed by atoms with E-state index in [-0.39, 0.29) is 29.3 Å². The van der Waals surface area contributed by atoms with E-state index in [0.717, 1.165) is 0 Å². The first kappa shape index (κ1) is 15.9. The van der Waals surface area contributed by atoms with Crippen molar-refractivity contribution in [2.45, 2.75) is 12.5 Å². The van der Waals surface area contributed by atoms with Gasteiger partial charge in [-0.1, -0.05) is 23.7 Å². The maximum atomic E-state index is 12.4. The van der Waals surface area contributed by atoms with Crippen LogP contribution < -0.4 is 0 Å². The van der Waals surface area contributed by atoms with Crippen molar-refractivity contribution >= 4 is 27.3 Å². The summed E-state index contributed by atoms with van der Waals surface area (Å²) in [6, 6.07) is 6.55. The van der Waals surface area contributed by atoms with Crippen molar-refractivity contribution < 1.29 is 17.6 Å². The van der Waals surface area contributed by atoms with E-state index in [1.165, 1.54) is 11.9 Å². The van der Waals surface area contributed by atoms with Gasteiger partial charge in [0.1, 0.15) is 0 Å². The molecule has 1 aromatic carbocycles. The summed E-state index contributed by atoms with van der Waals surface area (Å²) < 4.78 is 28.5. The molecule has 2 aromatic rings. The number of carbonyl (C=O) groups excluding carboxylic acids is 1. The summed E-state index contributed by atoms with van der Waals surface area (Å²) in [5, 5.41) is 8.02.